The Kier molecular flexibility index (Phi) is 5.53. The first-order valence-electron chi connectivity index (χ1n) is 11.0. The summed E-state index contributed by atoms with van der Waals surface area (Å²) in [6.07, 6.45) is -1.25. The molecule has 1 aromatic carbocycles. The molecular weight excluding hydrogens is 454 g/mol. The summed E-state index contributed by atoms with van der Waals surface area (Å²) in [5.41, 5.74) is 3.18. The lowest BCUT2D eigenvalue weighted by Gasteiger charge is -2.33. The van der Waals surface area contributed by atoms with Gasteiger partial charge in [0.2, 0.25) is 0 Å². The number of rotatable bonds is 3. The molecule has 1 N–H and O–H groups in total. The van der Waals surface area contributed by atoms with Crippen LogP contribution in [0, 0.1) is 5.82 Å². The fourth-order valence-corrected chi connectivity index (χ4v) is 5.00. The lowest BCUT2D eigenvalue weighted by Crippen LogP contribution is -2.38. The molecule has 6 nitrogen and oxygen atoms in total. The number of aromatic amines is 1. The molecule has 0 unspecified atom stereocenters. The van der Waals surface area contributed by atoms with Gasteiger partial charge in [-0.25, -0.2) is 9.37 Å². The third-order valence-electron chi connectivity index (χ3n) is 6.56. The van der Waals surface area contributed by atoms with Crippen LogP contribution in [-0.4, -0.2) is 46.0 Å². The van der Waals surface area contributed by atoms with E-state index in [0.29, 0.717) is 56.4 Å². The summed E-state index contributed by atoms with van der Waals surface area (Å²) in [6, 6.07) is 4.82. The zero-order valence-corrected chi connectivity index (χ0v) is 18.0. The number of amides is 1. The highest BCUT2D eigenvalue weighted by Gasteiger charge is 2.32. The number of hydrogen-bond acceptors (Lipinski definition) is 4. The first-order chi connectivity index (χ1) is 16.2. The van der Waals surface area contributed by atoms with Crippen molar-refractivity contribution in [2.24, 2.45) is 0 Å². The highest BCUT2D eigenvalue weighted by Crippen LogP contribution is 2.38. The SMILES string of the molecule is O=C1CCc2c([nH]c3ncc(F)c(C4CCN(C(=O)c5ccc(OC(F)(F)F)cc5)CC4)c23)C1. The number of ether oxygens (including phenoxy) is 1. The maximum atomic E-state index is 15.0. The second-order valence-electron chi connectivity index (χ2n) is 8.68. The molecule has 0 radical (unpaired) electrons. The smallest absolute Gasteiger partial charge is 0.406 e. The predicted octanol–water partition coefficient (Wildman–Crippen LogP) is 4.68. The van der Waals surface area contributed by atoms with Crippen molar-refractivity contribution in [2.45, 2.75) is 44.4 Å². The van der Waals surface area contributed by atoms with E-state index in [-0.39, 0.29) is 23.2 Å². The van der Waals surface area contributed by atoms with Gasteiger partial charge in [0.05, 0.1) is 6.20 Å². The molecule has 3 heterocycles. The second kappa shape index (κ2) is 8.41. The van der Waals surface area contributed by atoms with Crippen molar-refractivity contribution < 1.29 is 31.9 Å². The van der Waals surface area contributed by atoms with Gasteiger partial charge in [0.1, 0.15) is 23.0 Å². The van der Waals surface area contributed by atoms with Crippen molar-refractivity contribution in [1.82, 2.24) is 14.9 Å². The van der Waals surface area contributed by atoms with E-state index in [1.54, 1.807) is 4.90 Å². The van der Waals surface area contributed by atoms with Crippen molar-refractivity contribution >= 4 is 22.7 Å². The molecule has 0 bridgehead atoms. The molecule has 0 saturated carbocycles. The molecule has 1 aliphatic heterocycles. The molecule has 1 aliphatic carbocycles. The van der Waals surface area contributed by atoms with Gasteiger partial charge in [0, 0.05) is 48.1 Å². The molecular formula is C24H21F4N3O3. The molecule has 178 valence electrons. The number of nitrogens with one attached hydrogen (secondary N) is 1. The van der Waals surface area contributed by atoms with Gasteiger partial charge < -0.3 is 14.6 Å². The summed E-state index contributed by atoms with van der Waals surface area (Å²) >= 11 is 0. The van der Waals surface area contributed by atoms with Gasteiger partial charge in [-0.3, -0.25) is 9.59 Å². The number of H-pyrrole nitrogens is 1. The van der Waals surface area contributed by atoms with E-state index in [2.05, 4.69) is 14.7 Å². The zero-order valence-electron chi connectivity index (χ0n) is 18.0. The molecule has 5 rings (SSSR count). The number of aromatic nitrogens is 2. The highest BCUT2D eigenvalue weighted by atomic mass is 19.4. The molecule has 3 aromatic rings. The van der Waals surface area contributed by atoms with Crippen LogP contribution in [0.15, 0.2) is 30.5 Å². The molecule has 34 heavy (non-hydrogen) atoms. The van der Waals surface area contributed by atoms with E-state index in [0.717, 1.165) is 28.8 Å². The van der Waals surface area contributed by atoms with Crippen LogP contribution >= 0.6 is 0 Å². The fourth-order valence-electron chi connectivity index (χ4n) is 5.00. The molecule has 10 heteroatoms. The van der Waals surface area contributed by atoms with Crippen LogP contribution in [0.3, 0.4) is 0 Å². The summed E-state index contributed by atoms with van der Waals surface area (Å²) < 4.78 is 55.8. The average Bonchev–Trinajstić information content (AvgIpc) is 3.16. The van der Waals surface area contributed by atoms with Crippen molar-refractivity contribution in [3.8, 4) is 5.75 Å². The number of alkyl halides is 3. The van der Waals surface area contributed by atoms with Crippen molar-refractivity contribution in [1.29, 1.82) is 0 Å². The first-order valence-corrected chi connectivity index (χ1v) is 11.0. The van der Waals surface area contributed by atoms with Gasteiger partial charge in [-0.05, 0) is 55.0 Å². The van der Waals surface area contributed by atoms with Crippen LogP contribution in [-0.2, 0) is 17.6 Å². The Morgan fingerprint density at radius 2 is 1.82 bits per heavy atom. The largest absolute Gasteiger partial charge is 0.573 e. The quantitative estimate of drug-likeness (QED) is 0.559. The molecule has 2 aromatic heterocycles. The number of ketones is 1. The van der Waals surface area contributed by atoms with E-state index in [9.17, 15) is 27.2 Å². The van der Waals surface area contributed by atoms with Crippen LogP contribution in [0.1, 0.15) is 52.4 Å². The number of carbonyl (C=O) groups is 2. The van der Waals surface area contributed by atoms with Crippen molar-refractivity contribution in [3.63, 3.8) is 0 Å². The second-order valence-corrected chi connectivity index (χ2v) is 8.68. The Morgan fingerprint density at radius 1 is 1.12 bits per heavy atom. The molecule has 1 fully saturated rings. The lowest BCUT2D eigenvalue weighted by atomic mass is 9.85. The number of fused-ring (bicyclic) bond motifs is 3. The first kappa shape index (κ1) is 22.4. The van der Waals surface area contributed by atoms with Crippen LogP contribution in [0.4, 0.5) is 17.6 Å². The number of hydrogen-bond donors (Lipinski definition) is 1. The summed E-state index contributed by atoms with van der Waals surface area (Å²) in [7, 11) is 0. The zero-order chi connectivity index (χ0) is 24.0. The summed E-state index contributed by atoms with van der Waals surface area (Å²) in [4.78, 5) is 33.7. The number of carbonyl (C=O) groups excluding carboxylic acids is 2. The Hall–Kier alpha value is -3.43. The van der Waals surface area contributed by atoms with Crippen LogP contribution in [0.25, 0.3) is 11.0 Å². The number of aryl methyl sites for hydroxylation is 1. The number of benzene rings is 1. The number of piperidine rings is 1. The Labute approximate surface area is 191 Å². The Bertz CT molecular complexity index is 1260. The maximum Gasteiger partial charge on any atom is 0.573 e. The third kappa shape index (κ3) is 4.24. The van der Waals surface area contributed by atoms with Gasteiger partial charge in [-0.2, -0.15) is 0 Å². The Balaban J connectivity index is 1.32. The van der Waals surface area contributed by atoms with Gasteiger partial charge in [0.25, 0.3) is 5.91 Å². The monoisotopic (exact) mass is 475 g/mol. The predicted molar refractivity (Wildman–Crippen MR) is 114 cm³/mol. The molecule has 1 amide bonds. The molecule has 0 spiro atoms. The standard InChI is InChI=1S/C24H21F4N3O3/c25-18-12-29-22-21(17-6-3-15(32)11-19(17)30-22)20(18)13-7-9-31(10-8-13)23(33)14-1-4-16(5-2-14)34-24(26,27)28/h1-2,4-5,12-13H,3,6-11H2,(H,29,30). The van der Waals surface area contributed by atoms with Crippen LogP contribution in [0.2, 0.25) is 0 Å². The number of likely N-dealkylation sites (tertiary alicyclic amines) is 1. The van der Waals surface area contributed by atoms with E-state index in [1.165, 1.54) is 18.3 Å². The number of pyridine rings is 1. The summed E-state index contributed by atoms with van der Waals surface area (Å²) in [5, 5.41) is 0.757. The van der Waals surface area contributed by atoms with E-state index in [1.807, 2.05) is 0 Å². The van der Waals surface area contributed by atoms with Crippen molar-refractivity contribution in [2.75, 3.05) is 13.1 Å². The van der Waals surface area contributed by atoms with E-state index in [4.69, 9.17) is 0 Å². The fraction of sp³-hybridized carbons (Fsp3) is 0.375. The highest BCUT2D eigenvalue weighted by molar-refractivity contribution is 5.94. The topological polar surface area (TPSA) is 75.3 Å². The van der Waals surface area contributed by atoms with Gasteiger partial charge >= 0.3 is 6.36 Å². The summed E-state index contributed by atoms with van der Waals surface area (Å²) in [6.45, 7) is 0.775. The van der Waals surface area contributed by atoms with Crippen molar-refractivity contribution in [3.05, 3.63) is 58.7 Å². The molecule has 0 atom stereocenters. The normalized spacial score (nSPS) is 17.2. The van der Waals surface area contributed by atoms with Gasteiger partial charge in [-0.15, -0.1) is 13.2 Å². The number of Topliss-reactive ketones (excluding diaryl/α,β-unsaturated/α-hetero) is 1. The molecule has 2 aliphatic rings. The minimum absolute atomic E-state index is 0.116. The average molecular weight is 475 g/mol. The third-order valence-corrected chi connectivity index (χ3v) is 6.56. The minimum Gasteiger partial charge on any atom is -0.406 e. The summed E-state index contributed by atoms with van der Waals surface area (Å²) in [5.74, 6) is -1.05. The minimum atomic E-state index is -4.80. The van der Waals surface area contributed by atoms with Crippen LogP contribution in [0.5, 0.6) is 5.75 Å². The van der Waals surface area contributed by atoms with Gasteiger partial charge in [-0.1, -0.05) is 0 Å². The maximum absolute atomic E-state index is 15.0. The lowest BCUT2D eigenvalue weighted by molar-refractivity contribution is -0.274. The Morgan fingerprint density at radius 3 is 2.50 bits per heavy atom. The van der Waals surface area contributed by atoms with E-state index < -0.39 is 17.9 Å². The number of nitrogens with zero attached hydrogens (tertiary/aromatic N) is 2. The van der Waals surface area contributed by atoms with Crippen LogP contribution < -0.4 is 4.74 Å². The molecule has 1 saturated heterocycles. The van der Waals surface area contributed by atoms with E-state index >= 15 is 0 Å². The number of halogens is 4. The van der Waals surface area contributed by atoms with Gasteiger partial charge in [0.15, 0.2) is 0 Å².